The minimum atomic E-state index is -0.00890. The normalized spacial score (nSPS) is 20.4. The van der Waals surface area contributed by atoms with Crippen LogP contribution in [0.1, 0.15) is 26.2 Å². The van der Waals surface area contributed by atoms with Crippen LogP contribution in [0.3, 0.4) is 0 Å². The smallest absolute Gasteiger partial charge is 0.321 e. The van der Waals surface area contributed by atoms with Gasteiger partial charge in [-0.1, -0.05) is 12.1 Å². The van der Waals surface area contributed by atoms with Gasteiger partial charge in [0.2, 0.25) is 0 Å². The van der Waals surface area contributed by atoms with E-state index in [0.29, 0.717) is 18.3 Å². The number of benzene rings is 1. The summed E-state index contributed by atoms with van der Waals surface area (Å²) in [5.41, 5.74) is 1.68. The summed E-state index contributed by atoms with van der Waals surface area (Å²) in [6, 6.07) is 7.67. The zero-order valence-electron chi connectivity index (χ0n) is 13.9. The number of hydrogen-bond donors (Lipinski definition) is 1. The maximum Gasteiger partial charge on any atom is 0.321 e. The molecule has 2 amide bonds. The molecular weight excluding hydrogens is 304 g/mol. The number of rotatable bonds is 4. The summed E-state index contributed by atoms with van der Waals surface area (Å²) >= 11 is 0. The number of likely N-dealkylation sites (tertiary alicyclic amines) is 1. The number of nitrogens with zero attached hydrogens (tertiary/aromatic N) is 5. The van der Waals surface area contributed by atoms with E-state index in [9.17, 15) is 4.79 Å². The molecule has 2 heterocycles. The minimum absolute atomic E-state index is 0.00890. The van der Waals surface area contributed by atoms with E-state index in [0.717, 1.165) is 36.7 Å². The molecule has 1 N–H and O–H groups in total. The molecule has 1 aromatic heterocycles. The molecule has 24 heavy (non-hydrogen) atoms. The van der Waals surface area contributed by atoms with Crippen LogP contribution >= 0.6 is 0 Å². The average molecular weight is 326 g/mol. The van der Waals surface area contributed by atoms with Crippen molar-refractivity contribution in [3.63, 3.8) is 0 Å². The van der Waals surface area contributed by atoms with Gasteiger partial charge in [0.1, 0.15) is 0 Å². The lowest BCUT2D eigenvalue weighted by Gasteiger charge is -2.17. The summed E-state index contributed by atoms with van der Waals surface area (Å²) in [5, 5.41) is 14.8. The molecule has 2 aromatic rings. The fourth-order valence-corrected chi connectivity index (χ4v) is 3.49. The molecule has 0 spiro atoms. The topological polar surface area (TPSA) is 75.9 Å². The number of nitrogens with one attached hydrogen (secondary N) is 1. The third-order valence-electron chi connectivity index (χ3n) is 5.00. The first-order valence-electron chi connectivity index (χ1n) is 8.67. The Kier molecular flexibility index (Phi) is 3.92. The van der Waals surface area contributed by atoms with E-state index >= 15 is 0 Å². The van der Waals surface area contributed by atoms with Crippen molar-refractivity contribution >= 4 is 11.7 Å². The first kappa shape index (κ1) is 15.1. The van der Waals surface area contributed by atoms with Gasteiger partial charge in [0.15, 0.2) is 5.82 Å². The highest BCUT2D eigenvalue weighted by atomic mass is 16.2. The van der Waals surface area contributed by atoms with Crippen molar-refractivity contribution in [1.29, 1.82) is 0 Å². The van der Waals surface area contributed by atoms with E-state index in [1.165, 1.54) is 12.8 Å². The first-order chi connectivity index (χ1) is 11.7. The molecule has 1 atom stereocenters. The lowest BCUT2D eigenvalue weighted by atomic mass is 10.0. The van der Waals surface area contributed by atoms with Crippen LogP contribution in [0.5, 0.6) is 0 Å². The number of hydrogen-bond acceptors (Lipinski definition) is 4. The van der Waals surface area contributed by atoms with Crippen LogP contribution in [-0.2, 0) is 6.54 Å². The second-order valence-electron chi connectivity index (χ2n) is 6.66. The summed E-state index contributed by atoms with van der Waals surface area (Å²) in [6.45, 7) is 4.45. The molecule has 1 aliphatic carbocycles. The molecule has 0 bridgehead atoms. The molecule has 126 valence electrons. The first-order valence-corrected chi connectivity index (χ1v) is 8.67. The predicted molar refractivity (Wildman–Crippen MR) is 90.3 cm³/mol. The number of carbonyl (C=O) groups excluding carboxylic acids is 1. The molecular formula is C17H22N6O. The van der Waals surface area contributed by atoms with Crippen molar-refractivity contribution in [3.05, 3.63) is 24.3 Å². The number of amides is 2. The molecule has 7 nitrogen and oxygen atoms in total. The number of carbonyl (C=O) groups is 1. The molecule has 1 aliphatic heterocycles. The van der Waals surface area contributed by atoms with Gasteiger partial charge in [0.25, 0.3) is 0 Å². The molecule has 4 rings (SSSR count). The van der Waals surface area contributed by atoms with Crippen LogP contribution in [0.15, 0.2) is 24.3 Å². The third-order valence-corrected chi connectivity index (χ3v) is 5.00. The summed E-state index contributed by atoms with van der Waals surface area (Å²) in [6.07, 6.45) is 3.83. The number of anilines is 1. The molecule has 1 aromatic carbocycles. The quantitative estimate of drug-likeness (QED) is 0.937. The Bertz CT molecular complexity index is 738. The van der Waals surface area contributed by atoms with E-state index in [4.69, 9.17) is 0 Å². The van der Waals surface area contributed by atoms with E-state index in [1.54, 1.807) is 4.68 Å². The third kappa shape index (κ3) is 2.98. The van der Waals surface area contributed by atoms with E-state index in [-0.39, 0.29) is 6.03 Å². The van der Waals surface area contributed by atoms with Gasteiger partial charge in [0, 0.05) is 30.9 Å². The fourth-order valence-electron chi connectivity index (χ4n) is 3.49. The van der Waals surface area contributed by atoms with Gasteiger partial charge in [-0.25, -0.2) is 9.48 Å². The molecule has 1 saturated heterocycles. The van der Waals surface area contributed by atoms with Crippen LogP contribution in [0.4, 0.5) is 10.5 Å². The zero-order valence-corrected chi connectivity index (χ0v) is 13.9. The Hall–Kier alpha value is -2.44. The molecule has 2 fully saturated rings. The second kappa shape index (κ2) is 6.22. The van der Waals surface area contributed by atoms with Gasteiger partial charge in [0.05, 0.1) is 0 Å². The lowest BCUT2D eigenvalue weighted by Crippen LogP contribution is -2.33. The number of tetrazole rings is 1. The van der Waals surface area contributed by atoms with Gasteiger partial charge in [-0.3, -0.25) is 0 Å². The van der Waals surface area contributed by atoms with Gasteiger partial charge in [-0.15, -0.1) is 5.10 Å². The molecule has 7 heteroatoms. The number of urea groups is 1. The van der Waals surface area contributed by atoms with E-state index in [1.807, 2.05) is 36.1 Å². The Labute approximate surface area is 141 Å². The van der Waals surface area contributed by atoms with E-state index in [2.05, 4.69) is 20.8 Å². The van der Waals surface area contributed by atoms with Gasteiger partial charge >= 0.3 is 6.03 Å². The molecule has 1 saturated carbocycles. The van der Waals surface area contributed by atoms with Crippen LogP contribution in [0.25, 0.3) is 11.4 Å². The Balaban J connectivity index is 1.45. The molecule has 1 unspecified atom stereocenters. The van der Waals surface area contributed by atoms with E-state index < -0.39 is 0 Å². The van der Waals surface area contributed by atoms with Crippen molar-refractivity contribution in [2.45, 2.75) is 32.7 Å². The summed E-state index contributed by atoms with van der Waals surface area (Å²) in [7, 11) is 0. The number of aromatic nitrogens is 4. The lowest BCUT2D eigenvalue weighted by molar-refractivity contribution is 0.220. The fraction of sp³-hybridized carbons (Fsp3) is 0.529. The highest BCUT2D eigenvalue weighted by molar-refractivity contribution is 5.90. The van der Waals surface area contributed by atoms with Crippen LogP contribution in [0, 0.1) is 11.8 Å². The maximum atomic E-state index is 12.5. The van der Waals surface area contributed by atoms with Crippen LogP contribution in [0.2, 0.25) is 0 Å². The second-order valence-corrected chi connectivity index (χ2v) is 6.66. The van der Waals surface area contributed by atoms with Crippen molar-refractivity contribution in [3.8, 4) is 11.4 Å². The molecule has 0 radical (unpaired) electrons. The number of aryl methyl sites for hydroxylation is 1. The van der Waals surface area contributed by atoms with Crippen LogP contribution in [-0.4, -0.2) is 44.2 Å². The van der Waals surface area contributed by atoms with Gasteiger partial charge < -0.3 is 10.2 Å². The summed E-state index contributed by atoms with van der Waals surface area (Å²) in [4.78, 5) is 14.4. The van der Waals surface area contributed by atoms with Crippen molar-refractivity contribution in [1.82, 2.24) is 25.1 Å². The maximum absolute atomic E-state index is 12.5. The van der Waals surface area contributed by atoms with Crippen molar-refractivity contribution < 1.29 is 4.79 Å². The molecule has 2 aliphatic rings. The zero-order chi connectivity index (χ0) is 16.5. The summed E-state index contributed by atoms with van der Waals surface area (Å²) in [5.74, 6) is 2.28. The standard InChI is InChI=1S/C17H22N6O/c1-2-23-16(19-20-21-23)13-4-3-5-15(10-13)18-17(24)22-9-8-14(11-22)12-6-7-12/h3-5,10,12,14H,2,6-9,11H2,1H3,(H,18,24). The Morgan fingerprint density at radius 3 is 2.96 bits per heavy atom. The average Bonchev–Trinajstić information content (AvgIpc) is 3.14. The Morgan fingerprint density at radius 1 is 1.29 bits per heavy atom. The largest absolute Gasteiger partial charge is 0.324 e. The van der Waals surface area contributed by atoms with Crippen molar-refractivity contribution in [2.24, 2.45) is 11.8 Å². The highest BCUT2D eigenvalue weighted by Gasteiger charge is 2.37. The van der Waals surface area contributed by atoms with Crippen molar-refractivity contribution in [2.75, 3.05) is 18.4 Å². The van der Waals surface area contributed by atoms with Gasteiger partial charge in [-0.05, 0) is 60.6 Å². The predicted octanol–water partition coefficient (Wildman–Crippen LogP) is 2.62. The van der Waals surface area contributed by atoms with Crippen LogP contribution < -0.4 is 5.32 Å². The highest BCUT2D eigenvalue weighted by Crippen LogP contribution is 2.41. The monoisotopic (exact) mass is 326 g/mol. The Morgan fingerprint density at radius 2 is 2.17 bits per heavy atom. The SMILES string of the molecule is CCn1nnnc1-c1cccc(NC(=O)N2CCC(C3CC3)C2)c1. The minimum Gasteiger partial charge on any atom is -0.324 e. The van der Waals surface area contributed by atoms with Gasteiger partial charge in [-0.2, -0.15) is 0 Å². The summed E-state index contributed by atoms with van der Waals surface area (Å²) < 4.78 is 1.74.